The molecule has 1 aromatic carbocycles. The van der Waals surface area contributed by atoms with Crippen LogP contribution in [0.3, 0.4) is 0 Å². The maximum absolute atomic E-state index is 12.9. The zero-order chi connectivity index (χ0) is 26.4. The van der Waals surface area contributed by atoms with Crippen molar-refractivity contribution in [3.05, 3.63) is 36.0 Å². The number of aromatic amines is 1. The molecule has 4 unspecified atom stereocenters. The highest BCUT2D eigenvalue weighted by molar-refractivity contribution is 5.96. The second-order valence-electron chi connectivity index (χ2n) is 8.60. The topological polar surface area (TPSA) is 215 Å². The van der Waals surface area contributed by atoms with E-state index in [1.807, 2.05) is 12.1 Å². The van der Waals surface area contributed by atoms with Gasteiger partial charge in [0.15, 0.2) is 0 Å². The number of rotatable bonds is 11. The predicted octanol–water partition coefficient (Wildman–Crippen LogP) is -1.45. The van der Waals surface area contributed by atoms with Crippen molar-refractivity contribution in [1.82, 2.24) is 20.5 Å². The monoisotopic (exact) mass is 503 g/mol. The average molecular weight is 504 g/mol. The standard InChI is InChI=1S/C23H29N5O8/c24-14(11-29)22(34)28-7-3-6-18(28)21(33)26-16(9-19(30)31)20(32)27-17(23(35)36)8-12-10-25-15-5-2-1-4-13(12)15/h1-2,4-5,10,14,16-18,25,29H,3,6-9,11,24H2,(H,26,33)(H,27,32)(H,30,31)(H,35,36). The Morgan fingerprint density at radius 2 is 1.83 bits per heavy atom. The summed E-state index contributed by atoms with van der Waals surface area (Å²) in [4.78, 5) is 65.6. The molecule has 13 heteroatoms. The maximum Gasteiger partial charge on any atom is 0.326 e. The summed E-state index contributed by atoms with van der Waals surface area (Å²) >= 11 is 0. The van der Waals surface area contributed by atoms with Crippen molar-refractivity contribution in [2.75, 3.05) is 13.2 Å². The van der Waals surface area contributed by atoms with Crippen LogP contribution < -0.4 is 16.4 Å². The van der Waals surface area contributed by atoms with Gasteiger partial charge in [-0.2, -0.15) is 0 Å². The lowest BCUT2D eigenvalue weighted by Gasteiger charge is -2.28. The number of likely N-dealkylation sites (tertiary alicyclic amines) is 1. The average Bonchev–Trinajstić information content (AvgIpc) is 3.49. The number of hydrogen-bond donors (Lipinski definition) is 7. The van der Waals surface area contributed by atoms with Gasteiger partial charge in [-0.1, -0.05) is 18.2 Å². The minimum absolute atomic E-state index is 0.0806. The van der Waals surface area contributed by atoms with E-state index in [1.54, 1.807) is 18.3 Å². The molecule has 1 aliphatic rings. The van der Waals surface area contributed by atoms with Crippen LogP contribution in [0.1, 0.15) is 24.8 Å². The fourth-order valence-electron chi connectivity index (χ4n) is 4.24. The van der Waals surface area contributed by atoms with Crippen molar-refractivity contribution in [3.8, 4) is 0 Å². The first-order chi connectivity index (χ1) is 17.1. The number of carbonyl (C=O) groups excluding carboxylic acids is 3. The van der Waals surface area contributed by atoms with Crippen molar-refractivity contribution >= 4 is 40.6 Å². The van der Waals surface area contributed by atoms with E-state index in [9.17, 15) is 34.2 Å². The third-order valence-electron chi connectivity index (χ3n) is 6.08. The Morgan fingerprint density at radius 3 is 2.50 bits per heavy atom. The van der Waals surface area contributed by atoms with E-state index in [2.05, 4.69) is 15.6 Å². The third kappa shape index (κ3) is 6.17. The number of nitrogens with zero attached hydrogens (tertiary/aromatic N) is 1. The summed E-state index contributed by atoms with van der Waals surface area (Å²) in [5.74, 6) is -5.11. The Bertz CT molecular complexity index is 1150. The Hall–Kier alpha value is -3.97. The van der Waals surface area contributed by atoms with E-state index in [1.165, 1.54) is 4.90 Å². The summed E-state index contributed by atoms with van der Waals surface area (Å²) in [6.07, 6.45) is 1.49. The van der Waals surface area contributed by atoms with E-state index in [0.29, 0.717) is 12.0 Å². The number of aliphatic hydroxyl groups is 1. The number of para-hydroxylation sites is 1. The van der Waals surface area contributed by atoms with Gasteiger partial charge in [0.1, 0.15) is 24.2 Å². The number of nitrogens with two attached hydrogens (primary N) is 1. The van der Waals surface area contributed by atoms with Crippen LogP contribution in [0, 0.1) is 0 Å². The Kier molecular flexibility index (Phi) is 8.61. The number of fused-ring (bicyclic) bond motifs is 1. The second-order valence-corrected chi connectivity index (χ2v) is 8.60. The van der Waals surface area contributed by atoms with Gasteiger partial charge in [-0.25, -0.2) is 4.79 Å². The first kappa shape index (κ1) is 26.6. The molecule has 1 aliphatic heterocycles. The molecule has 1 aromatic heterocycles. The van der Waals surface area contributed by atoms with Crippen molar-refractivity contribution in [2.45, 2.75) is 49.9 Å². The van der Waals surface area contributed by atoms with Crippen LogP contribution in [0.25, 0.3) is 10.9 Å². The molecule has 8 N–H and O–H groups in total. The second kappa shape index (κ2) is 11.6. The highest BCUT2D eigenvalue weighted by Crippen LogP contribution is 2.20. The van der Waals surface area contributed by atoms with Crippen LogP contribution in [0.2, 0.25) is 0 Å². The van der Waals surface area contributed by atoms with Crippen molar-refractivity contribution < 1.29 is 39.3 Å². The number of amides is 3. The van der Waals surface area contributed by atoms with Gasteiger partial charge in [0.2, 0.25) is 17.7 Å². The SMILES string of the molecule is NC(CO)C(=O)N1CCCC1C(=O)NC(CC(=O)O)C(=O)NC(Cc1c[nH]c2ccccc12)C(=O)O. The van der Waals surface area contributed by atoms with Crippen molar-refractivity contribution in [3.63, 3.8) is 0 Å². The molecule has 36 heavy (non-hydrogen) atoms. The quantitative estimate of drug-likeness (QED) is 0.191. The molecule has 1 fully saturated rings. The molecule has 2 heterocycles. The van der Waals surface area contributed by atoms with Crippen LogP contribution in [0.15, 0.2) is 30.5 Å². The van der Waals surface area contributed by atoms with E-state index in [4.69, 9.17) is 10.8 Å². The Balaban J connectivity index is 1.72. The summed E-state index contributed by atoms with van der Waals surface area (Å²) in [6, 6.07) is 2.04. The van der Waals surface area contributed by atoms with Gasteiger partial charge < -0.3 is 41.6 Å². The van der Waals surface area contributed by atoms with Crippen molar-refractivity contribution in [2.24, 2.45) is 5.73 Å². The molecule has 0 bridgehead atoms. The van der Waals surface area contributed by atoms with Crippen LogP contribution in [-0.4, -0.2) is 92.2 Å². The number of nitrogens with one attached hydrogen (secondary N) is 3. The van der Waals surface area contributed by atoms with Gasteiger partial charge in [-0.05, 0) is 24.5 Å². The minimum atomic E-state index is -1.58. The van der Waals surface area contributed by atoms with Crippen LogP contribution >= 0.6 is 0 Å². The van der Waals surface area contributed by atoms with Gasteiger partial charge in [-0.3, -0.25) is 19.2 Å². The summed E-state index contributed by atoms with van der Waals surface area (Å²) < 4.78 is 0. The fraction of sp³-hybridized carbons (Fsp3) is 0.435. The van der Waals surface area contributed by atoms with Crippen LogP contribution in [0.5, 0.6) is 0 Å². The van der Waals surface area contributed by atoms with Gasteiger partial charge >= 0.3 is 11.9 Å². The lowest BCUT2D eigenvalue weighted by atomic mass is 10.0. The highest BCUT2D eigenvalue weighted by Gasteiger charge is 2.38. The van der Waals surface area contributed by atoms with E-state index in [0.717, 1.165) is 10.9 Å². The van der Waals surface area contributed by atoms with Crippen LogP contribution in [-0.2, 0) is 30.4 Å². The number of hydrogen-bond acceptors (Lipinski definition) is 7. The summed E-state index contributed by atoms with van der Waals surface area (Å²) in [5, 5.41) is 33.5. The van der Waals surface area contributed by atoms with Gasteiger partial charge in [0.05, 0.1) is 13.0 Å². The molecular weight excluding hydrogens is 474 g/mol. The lowest BCUT2D eigenvalue weighted by Crippen LogP contribution is -2.57. The Morgan fingerprint density at radius 1 is 1.11 bits per heavy atom. The first-order valence-corrected chi connectivity index (χ1v) is 11.4. The number of carboxylic acid groups (broad SMARTS) is 2. The number of aliphatic hydroxyl groups excluding tert-OH is 1. The number of H-pyrrole nitrogens is 1. The normalized spacial score (nSPS) is 17.8. The summed E-state index contributed by atoms with van der Waals surface area (Å²) in [5.41, 5.74) is 7.00. The first-order valence-electron chi connectivity index (χ1n) is 11.4. The summed E-state index contributed by atoms with van der Waals surface area (Å²) in [7, 11) is 0. The highest BCUT2D eigenvalue weighted by atomic mass is 16.4. The van der Waals surface area contributed by atoms with E-state index < -0.39 is 66.9 Å². The fourth-order valence-corrected chi connectivity index (χ4v) is 4.24. The molecular formula is C23H29N5O8. The van der Waals surface area contributed by atoms with Gasteiger partial charge in [-0.15, -0.1) is 0 Å². The summed E-state index contributed by atoms with van der Waals surface area (Å²) in [6.45, 7) is -0.396. The molecule has 194 valence electrons. The van der Waals surface area contributed by atoms with Crippen LogP contribution in [0.4, 0.5) is 0 Å². The Labute approximate surface area is 205 Å². The molecule has 0 radical (unpaired) electrons. The van der Waals surface area contributed by atoms with Gasteiger partial charge in [0.25, 0.3) is 0 Å². The third-order valence-corrected chi connectivity index (χ3v) is 6.08. The molecule has 1 saturated heterocycles. The molecule has 3 rings (SSSR count). The predicted molar refractivity (Wildman–Crippen MR) is 126 cm³/mol. The zero-order valence-electron chi connectivity index (χ0n) is 19.3. The molecule has 3 amide bonds. The molecule has 0 aliphatic carbocycles. The number of benzene rings is 1. The molecule has 4 atom stereocenters. The van der Waals surface area contributed by atoms with E-state index >= 15 is 0 Å². The van der Waals surface area contributed by atoms with E-state index in [-0.39, 0.29) is 19.4 Å². The smallest absolute Gasteiger partial charge is 0.326 e. The molecule has 2 aromatic rings. The largest absolute Gasteiger partial charge is 0.481 e. The zero-order valence-corrected chi connectivity index (χ0v) is 19.3. The molecule has 13 nitrogen and oxygen atoms in total. The lowest BCUT2D eigenvalue weighted by molar-refractivity contribution is -0.144. The van der Waals surface area contributed by atoms with Crippen molar-refractivity contribution in [1.29, 1.82) is 0 Å². The number of aromatic nitrogens is 1. The number of carboxylic acids is 2. The number of carbonyl (C=O) groups is 5. The minimum Gasteiger partial charge on any atom is -0.481 e. The number of aliphatic carboxylic acids is 2. The molecule has 0 spiro atoms. The maximum atomic E-state index is 12.9. The van der Waals surface area contributed by atoms with Gasteiger partial charge in [0, 0.05) is 30.1 Å². The molecule has 0 saturated carbocycles.